The Kier molecular flexibility index (Phi) is 33.0. The highest BCUT2D eigenvalue weighted by Gasteiger charge is 2.33. The van der Waals surface area contributed by atoms with Crippen molar-refractivity contribution in [2.75, 3.05) is 81.3 Å². The molecule has 10 nitrogen and oxygen atoms in total. The molecule has 0 aliphatic rings. The van der Waals surface area contributed by atoms with Crippen LogP contribution >= 0.6 is 0 Å². The predicted octanol–water partition coefficient (Wildman–Crippen LogP) is 5.49. The highest BCUT2D eigenvalue weighted by atomic mass is 16.6. The number of ether oxygens (including phenoxy) is 8. The average Bonchev–Trinajstić information content (AvgIpc) is 2.97. The number of Topliss-reactive ketones (excluding diaryl/α,β-unsaturated/α-hetero) is 2. The van der Waals surface area contributed by atoms with Crippen LogP contribution in [-0.4, -0.2) is 117 Å². The van der Waals surface area contributed by atoms with Crippen LogP contribution in [0.3, 0.4) is 0 Å². The largest absolute Gasteiger partial charge is 0.379 e. The maximum Gasteiger partial charge on any atom is 0.154 e. The van der Waals surface area contributed by atoms with Gasteiger partial charge >= 0.3 is 0 Å². The van der Waals surface area contributed by atoms with Crippen LogP contribution in [0.2, 0.25) is 0 Å². The van der Waals surface area contributed by atoms with Crippen molar-refractivity contribution >= 4 is 11.6 Å². The lowest BCUT2D eigenvalue weighted by atomic mass is 9.92. The molecule has 0 bridgehead atoms. The molecule has 0 aliphatic heterocycles. The second kappa shape index (κ2) is 30.8. The van der Waals surface area contributed by atoms with Crippen LogP contribution in [0.5, 0.6) is 0 Å². The quantitative estimate of drug-likeness (QED) is 0.0959. The second-order valence-corrected chi connectivity index (χ2v) is 11.2. The van der Waals surface area contributed by atoms with E-state index in [1.165, 1.54) is 19.8 Å². The molecule has 0 aliphatic carbocycles. The number of allylic oxidation sites excluding steroid dienone is 1. The fourth-order valence-corrected chi connectivity index (χ4v) is 2.91. The zero-order valence-corrected chi connectivity index (χ0v) is 29.6. The lowest BCUT2D eigenvalue weighted by Gasteiger charge is -2.34. The Hall–Kier alpha value is -1.24. The molecule has 258 valence electrons. The Morgan fingerprint density at radius 3 is 1.07 bits per heavy atom. The zero-order valence-electron chi connectivity index (χ0n) is 29.6. The van der Waals surface area contributed by atoms with Crippen molar-refractivity contribution in [3.05, 3.63) is 12.2 Å². The van der Waals surface area contributed by atoms with E-state index < -0.39 is 5.41 Å². The molecule has 0 spiro atoms. The van der Waals surface area contributed by atoms with Crippen molar-refractivity contribution in [1.82, 2.24) is 0 Å². The first-order chi connectivity index (χ1) is 20.2. The number of hydrogen-bond acceptors (Lipinski definition) is 10. The summed E-state index contributed by atoms with van der Waals surface area (Å²) in [6, 6.07) is 0. The molecule has 0 aromatic heterocycles. The first kappa shape index (κ1) is 46.2. The van der Waals surface area contributed by atoms with Crippen LogP contribution in [0.4, 0.5) is 0 Å². The smallest absolute Gasteiger partial charge is 0.154 e. The second-order valence-electron chi connectivity index (χ2n) is 11.2. The fraction of sp³-hybridized carbons (Fsp3) is 0.879. The van der Waals surface area contributed by atoms with E-state index in [-0.39, 0.29) is 30.2 Å². The molecule has 0 aromatic carbocycles. The summed E-state index contributed by atoms with van der Waals surface area (Å²) in [5.74, 6) is 0.383. The van der Waals surface area contributed by atoms with Crippen LogP contribution in [0.25, 0.3) is 0 Å². The summed E-state index contributed by atoms with van der Waals surface area (Å²) in [6.07, 6.45) is 4.26. The number of methoxy groups -OCH3 is 4. The van der Waals surface area contributed by atoms with E-state index in [4.69, 9.17) is 37.9 Å². The minimum atomic E-state index is -0.470. The Balaban J connectivity index is -0.000000934. The van der Waals surface area contributed by atoms with Gasteiger partial charge in [-0.3, -0.25) is 4.79 Å². The summed E-state index contributed by atoms with van der Waals surface area (Å²) in [5.41, 5.74) is 0.150. The normalized spacial score (nSPS) is 15.1. The third-order valence-corrected chi connectivity index (χ3v) is 6.39. The van der Waals surface area contributed by atoms with E-state index in [2.05, 4.69) is 13.5 Å². The van der Waals surface area contributed by atoms with E-state index >= 15 is 0 Å². The number of hydrogen-bond donors (Lipinski definition) is 0. The number of rotatable bonds is 25. The van der Waals surface area contributed by atoms with Crippen LogP contribution in [0, 0.1) is 5.41 Å². The maximum atomic E-state index is 10.3. The Bertz CT molecular complexity index is 589. The standard InChI is InChI=1S/C21H44O8.C7H14O.C5H8O/c1-17(22-5)9-26-13-21(14-27-10-18(2)23-6,15-28-11-19(3)24-7)16-29-12-20(4)25-8;1-3-4-5-6-7(2)8;1-4(2)5(3)6/h17-20H,9-16H2,1-8H3;3-6H2,1-2H3;1H2,2-3H3. The molecule has 43 heavy (non-hydrogen) atoms. The summed E-state index contributed by atoms with van der Waals surface area (Å²) in [5, 5.41) is 0. The van der Waals surface area contributed by atoms with Crippen LogP contribution in [0.1, 0.15) is 81.1 Å². The van der Waals surface area contributed by atoms with Crippen molar-refractivity contribution < 1.29 is 47.5 Å². The van der Waals surface area contributed by atoms with Gasteiger partial charge in [-0.25, -0.2) is 0 Å². The molecule has 0 fully saturated rings. The van der Waals surface area contributed by atoms with Gasteiger partial charge in [0, 0.05) is 34.9 Å². The fourth-order valence-electron chi connectivity index (χ4n) is 2.91. The predicted molar refractivity (Wildman–Crippen MR) is 172 cm³/mol. The van der Waals surface area contributed by atoms with Crippen molar-refractivity contribution in [2.45, 2.75) is 105 Å². The Morgan fingerprint density at radius 2 is 0.884 bits per heavy atom. The molecule has 0 saturated carbocycles. The molecule has 4 atom stereocenters. The summed E-state index contributed by atoms with van der Waals surface area (Å²) < 4.78 is 44.9. The van der Waals surface area contributed by atoms with Gasteiger partial charge in [0.2, 0.25) is 0 Å². The Labute approximate surface area is 263 Å². The topological polar surface area (TPSA) is 108 Å². The van der Waals surface area contributed by atoms with Gasteiger partial charge in [0.15, 0.2) is 5.78 Å². The summed E-state index contributed by atoms with van der Waals surface area (Å²) >= 11 is 0. The molecule has 4 unspecified atom stereocenters. The minimum absolute atomic E-state index is 0.00555. The molecule has 0 aromatic rings. The van der Waals surface area contributed by atoms with Crippen molar-refractivity contribution in [3.8, 4) is 0 Å². The van der Waals surface area contributed by atoms with Crippen LogP contribution in [0.15, 0.2) is 12.2 Å². The molecule has 0 saturated heterocycles. The van der Waals surface area contributed by atoms with Crippen molar-refractivity contribution in [1.29, 1.82) is 0 Å². The number of unbranched alkanes of at least 4 members (excludes halogenated alkanes) is 2. The van der Waals surface area contributed by atoms with Gasteiger partial charge < -0.3 is 42.7 Å². The van der Waals surface area contributed by atoms with Gasteiger partial charge in [-0.1, -0.05) is 26.3 Å². The summed E-state index contributed by atoms with van der Waals surface area (Å²) in [7, 11) is 6.67. The highest BCUT2D eigenvalue weighted by molar-refractivity contribution is 5.91. The highest BCUT2D eigenvalue weighted by Crippen LogP contribution is 2.22. The molecular formula is C33H66O10. The molecule has 0 heterocycles. The van der Waals surface area contributed by atoms with E-state index in [0.717, 1.165) is 12.8 Å². The monoisotopic (exact) mass is 622 g/mol. The first-order valence-corrected chi connectivity index (χ1v) is 15.3. The maximum absolute atomic E-state index is 10.3. The first-order valence-electron chi connectivity index (χ1n) is 15.3. The minimum Gasteiger partial charge on any atom is -0.379 e. The molecule has 0 rings (SSSR count). The van der Waals surface area contributed by atoms with Gasteiger partial charge in [0.25, 0.3) is 0 Å². The van der Waals surface area contributed by atoms with Gasteiger partial charge in [-0.2, -0.15) is 0 Å². The van der Waals surface area contributed by atoms with Crippen LogP contribution < -0.4 is 0 Å². The summed E-state index contributed by atoms with van der Waals surface area (Å²) in [4.78, 5) is 20.4. The van der Waals surface area contributed by atoms with E-state index in [1.54, 1.807) is 42.3 Å². The molecule has 0 N–H and O–H groups in total. The molecule has 0 amide bonds. The van der Waals surface area contributed by atoms with Gasteiger partial charge in [0.1, 0.15) is 5.78 Å². The van der Waals surface area contributed by atoms with E-state index in [1.807, 2.05) is 27.7 Å². The number of carbonyl (C=O) groups excluding carboxylic acids is 2. The third-order valence-electron chi connectivity index (χ3n) is 6.39. The number of carbonyl (C=O) groups is 2. The molecular weight excluding hydrogens is 556 g/mol. The van der Waals surface area contributed by atoms with Gasteiger partial charge in [-0.05, 0) is 60.5 Å². The van der Waals surface area contributed by atoms with Crippen LogP contribution in [-0.2, 0) is 47.5 Å². The molecule has 0 radical (unpaired) electrons. The van der Waals surface area contributed by atoms with Crippen molar-refractivity contribution in [3.63, 3.8) is 0 Å². The number of ketones is 2. The average molecular weight is 623 g/mol. The van der Waals surface area contributed by atoms with E-state index in [9.17, 15) is 9.59 Å². The van der Waals surface area contributed by atoms with Gasteiger partial charge in [-0.15, -0.1) is 0 Å². The van der Waals surface area contributed by atoms with Crippen molar-refractivity contribution in [2.24, 2.45) is 5.41 Å². The Morgan fingerprint density at radius 1 is 0.605 bits per heavy atom. The lowest BCUT2D eigenvalue weighted by molar-refractivity contribution is -0.133. The SMILES string of the molecule is C=C(C)C(C)=O.CCCCCC(C)=O.COC(C)COCC(COCC(C)OC)(COCC(C)OC)COCC(C)OC. The third kappa shape index (κ3) is 32.0. The zero-order chi connectivity index (χ0) is 33.7. The molecule has 10 heteroatoms. The lowest BCUT2D eigenvalue weighted by Crippen LogP contribution is -2.44. The summed E-state index contributed by atoms with van der Waals surface area (Å²) in [6.45, 7) is 21.9. The van der Waals surface area contributed by atoms with E-state index in [0.29, 0.717) is 64.2 Å². The van der Waals surface area contributed by atoms with Gasteiger partial charge in [0.05, 0.1) is 82.7 Å².